The Labute approximate surface area is 129 Å². The monoisotopic (exact) mass is 322 g/mol. The summed E-state index contributed by atoms with van der Waals surface area (Å²) in [5, 5.41) is 11.0. The van der Waals surface area contributed by atoms with Crippen molar-refractivity contribution >= 4 is 10.0 Å². The van der Waals surface area contributed by atoms with E-state index in [4.69, 9.17) is 0 Å². The summed E-state index contributed by atoms with van der Waals surface area (Å²) < 4.78 is 28.5. The molecule has 118 valence electrons. The van der Waals surface area contributed by atoms with Crippen LogP contribution in [0.3, 0.4) is 0 Å². The van der Waals surface area contributed by atoms with Crippen LogP contribution < -0.4 is 0 Å². The third-order valence-electron chi connectivity index (χ3n) is 3.86. The number of hydrogen-bond donors (Lipinski definition) is 0. The molecular weight excluding hydrogens is 304 g/mol. The summed E-state index contributed by atoms with van der Waals surface area (Å²) in [6.07, 6.45) is 1.48. The minimum absolute atomic E-state index is 0.311. The smallest absolute Gasteiger partial charge is 0.243 e. The molecule has 0 amide bonds. The molecule has 0 atom stereocenters. The van der Waals surface area contributed by atoms with Gasteiger partial charge in [-0.1, -0.05) is 0 Å². The number of piperazine rings is 1. The van der Waals surface area contributed by atoms with Crippen molar-refractivity contribution in [2.75, 3.05) is 33.2 Å². The average Bonchev–Trinajstić information content (AvgIpc) is 3.01. The fraction of sp³-hybridized carbons (Fsp3) is 0.462. The Bertz CT molecular complexity index is 751. The molecule has 1 aliphatic rings. The summed E-state index contributed by atoms with van der Waals surface area (Å²) in [7, 11) is -1.45. The van der Waals surface area contributed by atoms with Crippen LogP contribution in [0, 0.1) is 6.92 Å². The molecule has 1 aliphatic heterocycles. The fourth-order valence-electron chi connectivity index (χ4n) is 2.49. The third-order valence-corrected chi connectivity index (χ3v) is 5.76. The van der Waals surface area contributed by atoms with Crippen molar-refractivity contribution < 1.29 is 8.42 Å². The van der Waals surface area contributed by atoms with Crippen molar-refractivity contribution in [1.29, 1.82) is 0 Å². The standard InChI is InChI=1S/C13H18N6O2S/c1-11-9-12(3-4-13(11)19-10-14-15-16-19)22(20,21)18-7-5-17(2)6-8-18/h3-4,9-10H,5-8H2,1-2H3. The van der Waals surface area contributed by atoms with Crippen molar-refractivity contribution in [3.05, 3.63) is 30.1 Å². The Balaban J connectivity index is 1.90. The van der Waals surface area contributed by atoms with Gasteiger partial charge in [-0.3, -0.25) is 0 Å². The molecule has 2 aromatic rings. The number of tetrazole rings is 1. The molecule has 2 heterocycles. The maximum atomic E-state index is 12.7. The predicted octanol–water partition coefficient (Wildman–Crippen LogP) is -0.0932. The number of hydrogen-bond acceptors (Lipinski definition) is 6. The molecule has 1 fully saturated rings. The summed E-state index contributed by atoms with van der Waals surface area (Å²) in [6.45, 7) is 4.39. The van der Waals surface area contributed by atoms with E-state index in [9.17, 15) is 8.42 Å². The second-order valence-electron chi connectivity index (χ2n) is 5.41. The number of rotatable bonds is 3. The normalized spacial score (nSPS) is 17.7. The van der Waals surface area contributed by atoms with E-state index in [1.54, 1.807) is 22.5 Å². The van der Waals surface area contributed by atoms with Crippen LogP contribution >= 0.6 is 0 Å². The highest BCUT2D eigenvalue weighted by Crippen LogP contribution is 2.22. The van der Waals surface area contributed by atoms with Crippen molar-refractivity contribution in [2.24, 2.45) is 0 Å². The maximum Gasteiger partial charge on any atom is 0.243 e. The summed E-state index contributed by atoms with van der Waals surface area (Å²) in [4.78, 5) is 2.43. The van der Waals surface area contributed by atoms with Gasteiger partial charge in [0.05, 0.1) is 10.6 Å². The number of aromatic nitrogens is 4. The minimum atomic E-state index is -3.45. The van der Waals surface area contributed by atoms with Crippen molar-refractivity contribution in [2.45, 2.75) is 11.8 Å². The van der Waals surface area contributed by atoms with Gasteiger partial charge in [-0.15, -0.1) is 5.10 Å². The summed E-state index contributed by atoms with van der Waals surface area (Å²) in [6, 6.07) is 5.01. The van der Waals surface area contributed by atoms with Gasteiger partial charge in [0.25, 0.3) is 0 Å². The molecule has 1 aromatic heterocycles. The van der Waals surface area contributed by atoms with Gasteiger partial charge >= 0.3 is 0 Å². The molecule has 0 aliphatic carbocycles. The Morgan fingerprint density at radius 1 is 1.14 bits per heavy atom. The molecule has 8 nitrogen and oxygen atoms in total. The van der Waals surface area contributed by atoms with Crippen molar-refractivity contribution in [1.82, 2.24) is 29.4 Å². The first-order valence-electron chi connectivity index (χ1n) is 7.01. The van der Waals surface area contributed by atoms with Gasteiger partial charge in [-0.25, -0.2) is 13.1 Å². The van der Waals surface area contributed by atoms with E-state index >= 15 is 0 Å². The number of benzene rings is 1. The highest BCUT2D eigenvalue weighted by atomic mass is 32.2. The second kappa shape index (κ2) is 5.75. The first kappa shape index (κ1) is 15.1. The van der Waals surface area contributed by atoms with Crippen LogP contribution in [0.25, 0.3) is 5.69 Å². The zero-order valence-corrected chi connectivity index (χ0v) is 13.4. The molecule has 0 radical (unpaired) electrons. The Morgan fingerprint density at radius 2 is 1.86 bits per heavy atom. The van der Waals surface area contributed by atoms with E-state index in [1.807, 2.05) is 14.0 Å². The molecule has 9 heteroatoms. The molecule has 0 bridgehead atoms. The zero-order chi connectivity index (χ0) is 15.7. The van der Waals surface area contributed by atoms with Crippen molar-refractivity contribution in [3.8, 4) is 5.69 Å². The molecule has 22 heavy (non-hydrogen) atoms. The topological polar surface area (TPSA) is 84.2 Å². The largest absolute Gasteiger partial charge is 0.304 e. The van der Waals surface area contributed by atoms with Gasteiger partial charge in [-0.05, 0) is 48.2 Å². The first-order chi connectivity index (χ1) is 10.5. The molecule has 0 spiro atoms. The lowest BCUT2D eigenvalue weighted by Crippen LogP contribution is -2.47. The van der Waals surface area contributed by atoms with Crippen LogP contribution in [0.1, 0.15) is 5.56 Å². The van der Waals surface area contributed by atoms with E-state index in [0.29, 0.717) is 18.0 Å². The van der Waals surface area contributed by atoms with Crippen LogP contribution in [0.4, 0.5) is 0 Å². The molecule has 0 saturated carbocycles. The van der Waals surface area contributed by atoms with Crippen molar-refractivity contribution in [3.63, 3.8) is 0 Å². The van der Waals surface area contributed by atoms with E-state index in [-0.39, 0.29) is 0 Å². The fourth-order valence-corrected chi connectivity index (χ4v) is 4.00. The zero-order valence-electron chi connectivity index (χ0n) is 12.5. The third kappa shape index (κ3) is 2.74. The SMILES string of the molecule is Cc1cc(S(=O)(=O)N2CCN(C)CC2)ccc1-n1cnnn1. The van der Waals surface area contributed by atoms with E-state index in [2.05, 4.69) is 20.4 Å². The average molecular weight is 322 g/mol. The predicted molar refractivity (Wildman–Crippen MR) is 80.1 cm³/mol. The van der Waals surface area contributed by atoms with Crippen LogP contribution in [-0.4, -0.2) is 71.1 Å². The van der Waals surface area contributed by atoms with Crippen LogP contribution in [-0.2, 0) is 10.0 Å². The van der Waals surface area contributed by atoms with Crippen LogP contribution in [0.5, 0.6) is 0 Å². The Kier molecular flexibility index (Phi) is 3.94. The molecular formula is C13H18N6O2S. The highest BCUT2D eigenvalue weighted by molar-refractivity contribution is 7.89. The maximum absolute atomic E-state index is 12.7. The minimum Gasteiger partial charge on any atom is -0.304 e. The van der Waals surface area contributed by atoms with Gasteiger partial charge in [0, 0.05) is 26.2 Å². The summed E-state index contributed by atoms with van der Waals surface area (Å²) >= 11 is 0. The van der Waals surface area contributed by atoms with E-state index < -0.39 is 10.0 Å². The summed E-state index contributed by atoms with van der Waals surface area (Å²) in [5.41, 5.74) is 1.57. The summed E-state index contributed by atoms with van der Waals surface area (Å²) in [5.74, 6) is 0. The van der Waals surface area contributed by atoms with Gasteiger partial charge in [-0.2, -0.15) is 4.31 Å². The molecule has 1 aromatic carbocycles. The van der Waals surface area contributed by atoms with Gasteiger partial charge in [0.1, 0.15) is 6.33 Å². The van der Waals surface area contributed by atoms with Gasteiger partial charge in [0.15, 0.2) is 0 Å². The molecule has 0 unspecified atom stereocenters. The lowest BCUT2D eigenvalue weighted by Gasteiger charge is -2.31. The quantitative estimate of drug-likeness (QED) is 0.785. The van der Waals surface area contributed by atoms with Crippen LogP contribution in [0.15, 0.2) is 29.4 Å². The number of likely N-dealkylation sites (N-methyl/N-ethyl adjacent to an activating group) is 1. The lowest BCUT2D eigenvalue weighted by atomic mass is 10.2. The Morgan fingerprint density at radius 3 is 2.45 bits per heavy atom. The number of aryl methyl sites for hydroxylation is 1. The van der Waals surface area contributed by atoms with Crippen LogP contribution in [0.2, 0.25) is 0 Å². The first-order valence-corrected chi connectivity index (χ1v) is 8.45. The van der Waals surface area contributed by atoms with Gasteiger partial charge < -0.3 is 4.90 Å². The Hall–Kier alpha value is -1.84. The number of sulfonamides is 1. The molecule has 1 saturated heterocycles. The molecule has 3 rings (SSSR count). The second-order valence-corrected chi connectivity index (χ2v) is 7.35. The number of nitrogens with zero attached hydrogens (tertiary/aromatic N) is 6. The molecule has 0 N–H and O–H groups in total. The lowest BCUT2D eigenvalue weighted by molar-refractivity contribution is 0.222. The van der Waals surface area contributed by atoms with Gasteiger partial charge in [0.2, 0.25) is 10.0 Å². The van der Waals surface area contributed by atoms with E-state index in [1.165, 1.54) is 11.0 Å². The highest BCUT2D eigenvalue weighted by Gasteiger charge is 2.27. The van der Waals surface area contributed by atoms with E-state index in [0.717, 1.165) is 24.3 Å².